The monoisotopic (exact) mass is 385 g/mol. The van der Waals surface area contributed by atoms with Gasteiger partial charge in [0.1, 0.15) is 11.6 Å². The molecule has 0 unspecified atom stereocenters. The predicted molar refractivity (Wildman–Crippen MR) is 108 cm³/mol. The van der Waals surface area contributed by atoms with Gasteiger partial charge in [0.05, 0.1) is 13.7 Å². The molecule has 28 heavy (non-hydrogen) atoms. The Morgan fingerprint density at radius 1 is 1.21 bits per heavy atom. The van der Waals surface area contributed by atoms with E-state index < -0.39 is 0 Å². The standard InChI is InChI=1S/C20H27N5O3/c1-3-28-20(26)25-12-9-16(10-13-25)23-18-8-11-21-19(24-18)22-14-15-4-6-17(27-2)7-5-15/h4-8,11,16H,3,9-10,12-14H2,1-2H3,(H2,21,22,23,24). The SMILES string of the molecule is CCOC(=O)N1CCC(Nc2ccnc(NCc3ccc(OC)cc3)n2)CC1. The zero-order valence-corrected chi connectivity index (χ0v) is 16.4. The zero-order chi connectivity index (χ0) is 19.8. The Kier molecular flexibility index (Phi) is 6.89. The largest absolute Gasteiger partial charge is 0.497 e. The fraction of sp³-hybridized carbons (Fsp3) is 0.450. The van der Waals surface area contributed by atoms with Crippen LogP contribution in [0.5, 0.6) is 5.75 Å². The third kappa shape index (κ3) is 5.48. The first-order valence-corrected chi connectivity index (χ1v) is 9.56. The van der Waals surface area contributed by atoms with Crippen LogP contribution in [0.4, 0.5) is 16.6 Å². The lowest BCUT2D eigenvalue weighted by Crippen LogP contribution is -2.42. The third-order valence-corrected chi connectivity index (χ3v) is 4.64. The molecule has 0 bridgehead atoms. The van der Waals surface area contributed by atoms with Crippen molar-refractivity contribution >= 4 is 17.9 Å². The van der Waals surface area contributed by atoms with Gasteiger partial charge < -0.3 is 25.0 Å². The van der Waals surface area contributed by atoms with Crippen LogP contribution in [-0.2, 0) is 11.3 Å². The molecule has 8 heteroatoms. The summed E-state index contributed by atoms with van der Waals surface area (Å²) in [4.78, 5) is 22.3. The van der Waals surface area contributed by atoms with Gasteiger partial charge in [-0.2, -0.15) is 4.98 Å². The Labute approximate surface area is 165 Å². The number of methoxy groups -OCH3 is 1. The summed E-state index contributed by atoms with van der Waals surface area (Å²) in [7, 11) is 1.65. The van der Waals surface area contributed by atoms with Crippen LogP contribution in [0, 0.1) is 0 Å². The smallest absolute Gasteiger partial charge is 0.409 e. The van der Waals surface area contributed by atoms with Crippen molar-refractivity contribution in [1.29, 1.82) is 0 Å². The highest BCUT2D eigenvalue weighted by molar-refractivity contribution is 5.67. The second-order valence-electron chi connectivity index (χ2n) is 6.57. The molecule has 3 rings (SSSR count). The number of benzene rings is 1. The first-order chi connectivity index (χ1) is 13.7. The summed E-state index contributed by atoms with van der Waals surface area (Å²) in [5.41, 5.74) is 1.12. The molecule has 1 fully saturated rings. The molecule has 0 spiro atoms. The summed E-state index contributed by atoms with van der Waals surface area (Å²) >= 11 is 0. The molecule has 0 atom stereocenters. The zero-order valence-electron chi connectivity index (χ0n) is 16.4. The van der Waals surface area contributed by atoms with E-state index in [-0.39, 0.29) is 12.1 Å². The number of hydrogen-bond acceptors (Lipinski definition) is 7. The number of nitrogens with zero attached hydrogens (tertiary/aromatic N) is 3. The fourth-order valence-electron chi connectivity index (χ4n) is 3.08. The van der Waals surface area contributed by atoms with Crippen LogP contribution in [0.1, 0.15) is 25.3 Å². The van der Waals surface area contributed by atoms with Gasteiger partial charge in [0.25, 0.3) is 0 Å². The number of ether oxygens (including phenoxy) is 2. The number of carbonyl (C=O) groups is 1. The van der Waals surface area contributed by atoms with Crippen molar-refractivity contribution in [2.45, 2.75) is 32.4 Å². The Bertz CT molecular complexity index is 761. The van der Waals surface area contributed by atoms with Gasteiger partial charge in [0.15, 0.2) is 0 Å². The van der Waals surface area contributed by atoms with Gasteiger partial charge in [-0.25, -0.2) is 9.78 Å². The number of piperidine rings is 1. The van der Waals surface area contributed by atoms with E-state index in [1.807, 2.05) is 37.3 Å². The number of amides is 1. The van der Waals surface area contributed by atoms with Gasteiger partial charge in [0, 0.05) is 31.9 Å². The van der Waals surface area contributed by atoms with Crippen LogP contribution >= 0.6 is 0 Å². The molecule has 2 N–H and O–H groups in total. The van der Waals surface area contributed by atoms with E-state index in [2.05, 4.69) is 20.6 Å². The average molecular weight is 385 g/mol. The summed E-state index contributed by atoms with van der Waals surface area (Å²) < 4.78 is 10.2. The van der Waals surface area contributed by atoms with Gasteiger partial charge in [-0.1, -0.05) is 12.1 Å². The molecular formula is C20H27N5O3. The number of aromatic nitrogens is 2. The number of nitrogens with one attached hydrogen (secondary N) is 2. The highest BCUT2D eigenvalue weighted by Gasteiger charge is 2.23. The molecule has 1 aromatic carbocycles. The van der Waals surface area contributed by atoms with Crippen molar-refractivity contribution in [2.24, 2.45) is 0 Å². The number of hydrogen-bond donors (Lipinski definition) is 2. The Morgan fingerprint density at radius 3 is 2.64 bits per heavy atom. The van der Waals surface area contributed by atoms with Crippen molar-refractivity contribution in [3.8, 4) is 5.75 Å². The fourth-order valence-corrected chi connectivity index (χ4v) is 3.08. The molecule has 0 aliphatic carbocycles. The second-order valence-corrected chi connectivity index (χ2v) is 6.57. The maximum absolute atomic E-state index is 11.8. The lowest BCUT2D eigenvalue weighted by Gasteiger charge is -2.31. The molecule has 1 amide bonds. The maximum Gasteiger partial charge on any atom is 0.409 e. The molecule has 1 aliphatic heterocycles. The van der Waals surface area contributed by atoms with Gasteiger partial charge in [-0.05, 0) is 43.5 Å². The van der Waals surface area contributed by atoms with E-state index >= 15 is 0 Å². The van der Waals surface area contributed by atoms with E-state index in [0.717, 1.165) is 30.0 Å². The van der Waals surface area contributed by atoms with Crippen molar-refractivity contribution in [3.63, 3.8) is 0 Å². The van der Waals surface area contributed by atoms with Crippen molar-refractivity contribution in [2.75, 3.05) is 37.4 Å². The minimum Gasteiger partial charge on any atom is -0.497 e. The van der Waals surface area contributed by atoms with Crippen LogP contribution in [0.2, 0.25) is 0 Å². The molecule has 8 nitrogen and oxygen atoms in total. The Balaban J connectivity index is 1.49. The normalized spacial score (nSPS) is 14.4. The van der Waals surface area contributed by atoms with Crippen LogP contribution in [0.25, 0.3) is 0 Å². The molecule has 0 radical (unpaired) electrons. The van der Waals surface area contributed by atoms with E-state index in [4.69, 9.17) is 9.47 Å². The van der Waals surface area contributed by atoms with E-state index in [1.165, 1.54) is 0 Å². The highest BCUT2D eigenvalue weighted by Crippen LogP contribution is 2.17. The molecule has 1 saturated heterocycles. The summed E-state index contributed by atoms with van der Waals surface area (Å²) in [5.74, 6) is 2.19. The van der Waals surface area contributed by atoms with Crippen molar-refractivity contribution in [1.82, 2.24) is 14.9 Å². The second kappa shape index (κ2) is 9.77. The van der Waals surface area contributed by atoms with Gasteiger partial charge >= 0.3 is 6.09 Å². The molecule has 1 aliphatic rings. The van der Waals surface area contributed by atoms with Gasteiger partial charge in [-0.3, -0.25) is 0 Å². The predicted octanol–water partition coefficient (Wildman–Crippen LogP) is 3.13. The summed E-state index contributed by atoms with van der Waals surface area (Å²) in [6.07, 6.45) is 3.22. The number of anilines is 2. The summed E-state index contributed by atoms with van der Waals surface area (Å²) in [6.45, 7) is 4.23. The van der Waals surface area contributed by atoms with E-state index in [9.17, 15) is 4.79 Å². The van der Waals surface area contributed by atoms with Gasteiger partial charge in [0.2, 0.25) is 5.95 Å². The molecule has 0 saturated carbocycles. The lowest BCUT2D eigenvalue weighted by molar-refractivity contribution is 0.0983. The van der Waals surface area contributed by atoms with Crippen LogP contribution in [0.3, 0.4) is 0 Å². The minimum atomic E-state index is -0.229. The summed E-state index contributed by atoms with van der Waals surface area (Å²) in [6, 6.07) is 10.00. The van der Waals surface area contributed by atoms with Crippen LogP contribution < -0.4 is 15.4 Å². The lowest BCUT2D eigenvalue weighted by atomic mass is 10.1. The summed E-state index contributed by atoms with van der Waals surface area (Å²) in [5, 5.41) is 6.68. The van der Waals surface area contributed by atoms with Gasteiger partial charge in [-0.15, -0.1) is 0 Å². The third-order valence-electron chi connectivity index (χ3n) is 4.64. The first kappa shape index (κ1) is 19.7. The molecule has 150 valence electrons. The number of likely N-dealkylation sites (tertiary alicyclic amines) is 1. The highest BCUT2D eigenvalue weighted by atomic mass is 16.6. The average Bonchev–Trinajstić information content (AvgIpc) is 2.73. The van der Waals surface area contributed by atoms with Crippen molar-refractivity contribution in [3.05, 3.63) is 42.1 Å². The number of rotatable bonds is 7. The van der Waals surface area contributed by atoms with Crippen molar-refractivity contribution < 1.29 is 14.3 Å². The molecule has 1 aromatic heterocycles. The first-order valence-electron chi connectivity index (χ1n) is 9.56. The minimum absolute atomic E-state index is 0.229. The number of carbonyl (C=O) groups excluding carboxylic acids is 1. The quantitative estimate of drug-likeness (QED) is 0.757. The Hall–Kier alpha value is -3.03. The maximum atomic E-state index is 11.8. The molecule has 2 heterocycles. The van der Waals surface area contributed by atoms with E-state index in [0.29, 0.717) is 32.2 Å². The molecular weight excluding hydrogens is 358 g/mol. The van der Waals surface area contributed by atoms with E-state index in [1.54, 1.807) is 18.2 Å². The molecule has 2 aromatic rings. The van der Waals surface area contributed by atoms with Crippen LogP contribution in [0.15, 0.2) is 36.5 Å². The topological polar surface area (TPSA) is 88.6 Å². The van der Waals surface area contributed by atoms with Crippen LogP contribution in [-0.4, -0.2) is 53.8 Å². The Morgan fingerprint density at radius 2 is 1.96 bits per heavy atom.